The number of aryl methyl sites for hydroxylation is 1. The van der Waals surface area contributed by atoms with E-state index in [-0.39, 0.29) is 23.2 Å². The summed E-state index contributed by atoms with van der Waals surface area (Å²) in [6.07, 6.45) is 0.592. The van der Waals surface area contributed by atoms with Gasteiger partial charge in [-0.25, -0.2) is 8.42 Å². The monoisotopic (exact) mass is 364 g/mol. The molecule has 0 atom stereocenters. The average molecular weight is 365 g/mol. The molecule has 0 aliphatic carbocycles. The molecule has 1 aliphatic heterocycles. The first-order valence-electron chi connectivity index (χ1n) is 6.96. The third kappa shape index (κ3) is 3.74. The molecule has 0 unspecified atom stereocenters. The van der Waals surface area contributed by atoms with E-state index < -0.39 is 10.0 Å². The summed E-state index contributed by atoms with van der Waals surface area (Å²) in [4.78, 5) is 13.5. The highest BCUT2D eigenvalue weighted by atomic mass is 35.5. The fourth-order valence-corrected chi connectivity index (χ4v) is 4.58. The first-order chi connectivity index (χ1) is 10.4. The standard InChI is InChI=1S/C14H18Cl2N2O3S/c1-11-9-12(16)3-4-13(11)22(20,21)18-6-2-5-17(7-8-18)14(19)10-15/h3-4,9H,2,5-8,10H2,1H3. The molecule has 1 heterocycles. The van der Waals surface area contributed by atoms with E-state index in [1.807, 2.05) is 0 Å². The smallest absolute Gasteiger partial charge is 0.243 e. The first-order valence-corrected chi connectivity index (χ1v) is 9.31. The van der Waals surface area contributed by atoms with Crippen LogP contribution >= 0.6 is 23.2 Å². The maximum absolute atomic E-state index is 12.8. The van der Waals surface area contributed by atoms with Gasteiger partial charge < -0.3 is 4.90 Å². The van der Waals surface area contributed by atoms with E-state index in [0.29, 0.717) is 36.6 Å². The normalized spacial score (nSPS) is 17.3. The summed E-state index contributed by atoms with van der Waals surface area (Å²) >= 11 is 11.4. The second kappa shape index (κ2) is 7.17. The summed E-state index contributed by atoms with van der Waals surface area (Å²) in [5, 5.41) is 0.506. The Morgan fingerprint density at radius 2 is 1.95 bits per heavy atom. The van der Waals surface area contributed by atoms with Crippen LogP contribution in [0, 0.1) is 6.92 Å². The SMILES string of the molecule is Cc1cc(Cl)ccc1S(=O)(=O)N1CCCN(C(=O)CCl)CC1. The van der Waals surface area contributed by atoms with Crippen LogP contribution in [0.2, 0.25) is 5.02 Å². The average Bonchev–Trinajstić information content (AvgIpc) is 2.72. The minimum atomic E-state index is -3.58. The third-order valence-electron chi connectivity index (χ3n) is 3.68. The maximum Gasteiger partial charge on any atom is 0.243 e. The fraction of sp³-hybridized carbons (Fsp3) is 0.500. The molecule has 0 N–H and O–H groups in total. The van der Waals surface area contributed by atoms with Crippen LogP contribution in [0.15, 0.2) is 23.1 Å². The fourth-order valence-electron chi connectivity index (χ4n) is 2.51. The van der Waals surface area contributed by atoms with Gasteiger partial charge in [0, 0.05) is 31.2 Å². The first kappa shape index (κ1) is 17.5. The molecule has 8 heteroatoms. The number of alkyl halides is 1. The van der Waals surface area contributed by atoms with Crippen molar-refractivity contribution in [3.05, 3.63) is 28.8 Å². The van der Waals surface area contributed by atoms with Crippen LogP contribution in [0.25, 0.3) is 0 Å². The molecule has 0 saturated carbocycles. The van der Waals surface area contributed by atoms with Gasteiger partial charge in [0.15, 0.2) is 0 Å². The lowest BCUT2D eigenvalue weighted by Crippen LogP contribution is -2.38. The number of sulfonamides is 1. The molecule has 22 heavy (non-hydrogen) atoms. The van der Waals surface area contributed by atoms with Crippen molar-refractivity contribution in [2.75, 3.05) is 32.1 Å². The largest absolute Gasteiger partial charge is 0.340 e. The van der Waals surface area contributed by atoms with Gasteiger partial charge in [-0.15, -0.1) is 11.6 Å². The lowest BCUT2D eigenvalue weighted by atomic mass is 10.2. The molecule has 1 aromatic rings. The summed E-state index contributed by atoms with van der Waals surface area (Å²) in [7, 11) is -3.58. The van der Waals surface area contributed by atoms with E-state index in [1.165, 1.54) is 10.4 Å². The lowest BCUT2D eigenvalue weighted by molar-refractivity contribution is -0.128. The van der Waals surface area contributed by atoms with Crippen LogP contribution in [-0.2, 0) is 14.8 Å². The quantitative estimate of drug-likeness (QED) is 0.771. The number of carbonyl (C=O) groups is 1. The van der Waals surface area contributed by atoms with Crippen molar-refractivity contribution in [2.45, 2.75) is 18.2 Å². The molecular formula is C14H18Cl2N2O3S. The highest BCUT2D eigenvalue weighted by Gasteiger charge is 2.29. The van der Waals surface area contributed by atoms with Gasteiger partial charge >= 0.3 is 0 Å². The predicted octanol–water partition coefficient (Wildman–Crippen LogP) is 2.11. The van der Waals surface area contributed by atoms with Crippen molar-refractivity contribution in [3.63, 3.8) is 0 Å². The van der Waals surface area contributed by atoms with E-state index in [9.17, 15) is 13.2 Å². The molecule has 1 aliphatic rings. The van der Waals surface area contributed by atoms with Crippen molar-refractivity contribution >= 4 is 39.1 Å². The Morgan fingerprint density at radius 1 is 1.23 bits per heavy atom. The van der Waals surface area contributed by atoms with Crippen molar-refractivity contribution in [1.82, 2.24) is 9.21 Å². The number of rotatable bonds is 3. The molecular weight excluding hydrogens is 347 g/mol. The van der Waals surface area contributed by atoms with Gasteiger partial charge in [0.2, 0.25) is 15.9 Å². The summed E-state index contributed by atoms with van der Waals surface area (Å²) in [5.41, 5.74) is 0.616. The molecule has 1 saturated heterocycles. The van der Waals surface area contributed by atoms with E-state index >= 15 is 0 Å². The van der Waals surface area contributed by atoms with Gasteiger partial charge in [-0.2, -0.15) is 4.31 Å². The molecule has 1 amide bonds. The second-order valence-electron chi connectivity index (χ2n) is 5.18. The zero-order valence-electron chi connectivity index (χ0n) is 12.3. The van der Waals surface area contributed by atoms with Crippen molar-refractivity contribution in [2.24, 2.45) is 0 Å². The Morgan fingerprint density at radius 3 is 2.59 bits per heavy atom. The molecule has 122 valence electrons. The maximum atomic E-state index is 12.8. The molecule has 5 nitrogen and oxygen atoms in total. The van der Waals surface area contributed by atoms with Crippen molar-refractivity contribution in [3.8, 4) is 0 Å². The number of amides is 1. The highest BCUT2D eigenvalue weighted by Crippen LogP contribution is 2.24. The van der Waals surface area contributed by atoms with Gasteiger partial charge in [0.05, 0.1) is 4.90 Å². The topological polar surface area (TPSA) is 57.7 Å². The Hall–Kier alpha value is -0.820. The van der Waals surface area contributed by atoms with E-state index in [0.717, 1.165) is 0 Å². The van der Waals surface area contributed by atoms with Gasteiger partial charge in [0.1, 0.15) is 5.88 Å². The second-order valence-corrected chi connectivity index (χ2v) is 7.79. The number of hydrogen-bond donors (Lipinski definition) is 0. The zero-order valence-corrected chi connectivity index (χ0v) is 14.6. The lowest BCUT2D eigenvalue weighted by Gasteiger charge is -2.22. The molecule has 1 aromatic carbocycles. The Bertz CT molecular complexity index is 664. The molecule has 0 radical (unpaired) electrons. The van der Waals surface area contributed by atoms with Crippen molar-refractivity contribution in [1.29, 1.82) is 0 Å². The summed E-state index contributed by atoms with van der Waals surface area (Å²) in [5.74, 6) is -0.244. The van der Waals surface area contributed by atoms with Gasteiger partial charge in [0.25, 0.3) is 0 Å². The highest BCUT2D eigenvalue weighted by molar-refractivity contribution is 7.89. The minimum absolute atomic E-state index is 0.0803. The Balaban J connectivity index is 2.21. The Labute approximate surface area is 140 Å². The van der Waals surface area contributed by atoms with Gasteiger partial charge in [-0.05, 0) is 37.1 Å². The number of hydrogen-bond acceptors (Lipinski definition) is 3. The van der Waals surface area contributed by atoms with Gasteiger partial charge in [-0.3, -0.25) is 4.79 Å². The van der Waals surface area contributed by atoms with Gasteiger partial charge in [-0.1, -0.05) is 11.6 Å². The van der Waals surface area contributed by atoms with E-state index in [2.05, 4.69) is 0 Å². The Kier molecular flexibility index (Phi) is 5.71. The molecule has 2 rings (SSSR count). The number of halogens is 2. The number of nitrogens with zero attached hydrogens (tertiary/aromatic N) is 2. The van der Waals surface area contributed by atoms with E-state index in [4.69, 9.17) is 23.2 Å². The summed E-state index contributed by atoms with van der Waals surface area (Å²) < 4.78 is 27.0. The zero-order chi connectivity index (χ0) is 16.3. The molecule has 0 spiro atoms. The van der Waals surface area contributed by atoms with Crippen molar-refractivity contribution < 1.29 is 13.2 Å². The minimum Gasteiger partial charge on any atom is -0.340 e. The molecule has 1 fully saturated rings. The third-order valence-corrected chi connectivity index (χ3v) is 6.20. The van der Waals surface area contributed by atoms with E-state index in [1.54, 1.807) is 24.0 Å². The number of benzene rings is 1. The van der Waals surface area contributed by atoms with Crippen LogP contribution in [0.4, 0.5) is 0 Å². The van der Waals surface area contributed by atoms with Crippen LogP contribution in [0.3, 0.4) is 0 Å². The molecule has 0 bridgehead atoms. The number of carbonyl (C=O) groups excluding carboxylic acids is 1. The van der Waals surface area contributed by atoms with Crippen LogP contribution in [0.5, 0.6) is 0 Å². The van der Waals surface area contributed by atoms with Crippen LogP contribution in [0.1, 0.15) is 12.0 Å². The predicted molar refractivity (Wildman–Crippen MR) is 86.9 cm³/mol. The summed E-state index contributed by atoms with van der Waals surface area (Å²) in [6, 6.07) is 4.73. The van der Waals surface area contributed by atoms with Crippen LogP contribution < -0.4 is 0 Å². The molecule has 0 aromatic heterocycles. The van der Waals surface area contributed by atoms with Crippen LogP contribution in [-0.4, -0.2) is 55.6 Å². The summed E-state index contributed by atoms with van der Waals surface area (Å²) in [6.45, 7) is 3.26.